The predicted octanol–water partition coefficient (Wildman–Crippen LogP) is 0.560. The molecule has 0 bridgehead atoms. The summed E-state index contributed by atoms with van der Waals surface area (Å²) in [5.41, 5.74) is -0.777. The molecule has 96 valence electrons. The summed E-state index contributed by atoms with van der Waals surface area (Å²) in [5, 5.41) is 13.2. The van der Waals surface area contributed by atoms with E-state index >= 15 is 0 Å². The number of nitrogens with one attached hydrogen (secondary N) is 1. The van der Waals surface area contributed by atoms with Crippen LogP contribution in [-0.2, 0) is 9.84 Å². The molecule has 1 heterocycles. The second-order valence-electron chi connectivity index (χ2n) is 5.35. The molecule has 0 spiro atoms. The smallest absolute Gasteiger partial charge is 0.151 e. The van der Waals surface area contributed by atoms with Gasteiger partial charge in [-0.05, 0) is 25.7 Å². The molecule has 16 heavy (non-hydrogen) atoms. The van der Waals surface area contributed by atoms with E-state index in [1.54, 1.807) is 6.92 Å². The van der Waals surface area contributed by atoms with Crippen molar-refractivity contribution < 1.29 is 13.5 Å². The van der Waals surface area contributed by atoms with Crippen LogP contribution < -0.4 is 5.32 Å². The van der Waals surface area contributed by atoms with Crippen LogP contribution in [0.1, 0.15) is 33.6 Å². The van der Waals surface area contributed by atoms with Crippen LogP contribution in [0.4, 0.5) is 0 Å². The molecule has 2 atom stereocenters. The average Bonchev–Trinajstić information content (AvgIpc) is 2.13. The van der Waals surface area contributed by atoms with Gasteiger partial charge in [0.05, 0.1) is 17.1 Å². The van der Waals surface area contributed by atoms with E-state index in [2.05, 4.69) is 5.32 Å². The zero-order valence-electron chi connectivity index (χ0n) is 10.4. The lowest BCUT2D eigenvalue weighted by Gasteiger charge is -2.31. The maximum atomic E-state index is 11.4. The Morgan fingerprint density at radius 1 is 1.50 bits per heavy atom. The van der Waals surface area contributed by atoms with Crippen molar-refractivity contribution in [1.82, 2.24) is 5.32 Å². The Morgan fingerprint density at radius 3 is 2.62 bits per heavy atom. The molecule has 0 aromatic heterocycles. The number of sulfone groups is 1. The normalized spacial score (nSPS) is 28.9. The molecule has 0 amide bonds. The molecule has 0 radical (unpaired) electrons. The van der Waals surface area contributed by atoms with Crippen molar-refractivity contribution >= 4 is 9.84 Å². The fourth-order valence-electron chi connectivity index (χ4n) is 1.74. The van der Waals surface area contributed by atoms with Gasteiger partial charge in [0.2, 0.25) is 0 Å². The van der Waals surface area contributed by atoms with Crippen LogP contribution >= 0.6 is 0 Å². The summed E-state index contributed by atoms with van der Waals surface area (Å²) in [6.07, 6.45) is 1.61. The molecule has 0 aromatic carbocycles. The average molecular weight is 249 g/mol. The Balaban J connectivity index is 2.44. The second kappa shape index (κ2) is 5.02. The van der Waals surface area contributed by atoms with Crippen molar-refractivity contribution in [2.45, 2.75) is 45.3 Å². The van der Waals surface area contributed by atoms with E-state index in [0.717, 1.165) is 12.8 Å². The summed E-state index contributed by atoms with van der Waals surface area (Å²) in [4.78, 5) is 0. The summed E-state index contributed by atoms with van der Waals surface area (Å²) in [6, 6.07) is 0.00368. The molecular weight excluding hydrogens is 226 g/mol. The van der Waals surface area contributed by atoms with E-state index in [0.29, 0.717) is 12.3 Å². The highest BCUT2D eigenvalue weighted by molar-refractivity contribution is 7.91. The summed E-state index contributed by atoms with van der Waals surface area (Å²) in [5.74, 6) is 0.674. The van der Waals surface area contributed by atoms with Gasteiger partial charge in [0.15, 0.2) is 9.84 Å². The third-order valence-electron chi connectivity index (χ3n) is 3.46. The van der Waals surface area contributed by atoms with Gasteiger partial charge in [-0.2, -0.15) is 0 Å². The van der Waals surface area contributed by atoms with Crippen LogP contribution in [0.25, 0.3) is 0 Å². The van der Waals surface area contributed by atoms with Gasteiger partial charge < -0.3 is 10.4 Å². The maximum absolute atomic E-state index is 11.4. The second-order valence-corrected chi connectivity index (χ2v) is 7.58. The highest BCUT2D eigenvalue weighted by Crippen LogP contribution is 2.17. The van der Waals surface area contributed by atoms with Crippen molar-refractivity contribution in [2.24, 2.45) is 5.92 Å². The Morgan fingerprint density at radius 2 is 2.12 bits per heavy atom. The molecular formula is C11H23NO3S. The van der Waals surface area contributed by atoms with E-state index in [4.69, 9.17) is 0 Å². The standard InChI is InChI=1S/C11H23NO3S/c1-9(2)11(3,13)8-12-10-5-4-6-16(14,15)7-10/h9-10,12-13H,4-8H2,1-3H3. The first-order valence-corrected chi connectivity index (χ1v) is 7.71. The van der Waals surface area contributed by atoms with Gasteiger partial charge in [-0.1, -0.05) is 13.8 Å². The number of hydrogen-bond donors (Lipinski definition) is 2. The molecule has 0 saturated carbocycles. The van der Waals surface area contributed by atoms with E-state index < -0.39 is 15.4 Å². The van der Waals surface area contributed by atoms with Gasteiger partial charge in [0, 0.05) is 12.6 Å². The Labute approximate surface area is 98.4 Å². The molecule has 0 aromatic rings. The minimum Gasteiger partial charge on any atom is -0.389 e. The first-order valence-electron chi connectivity index (χ1n) is 5.89. The first kappa shape index (κ1) is 13.9. The van der Waals surface area contributed by atoms with Gasteiger partial charge in [0.1, 0.15) is 0 Å². The Kier molecular flexibility index (Phi) is 4.37. The molecule has 4 nitrogen and oxygen atoms in total. The molecule has 1 aliphatic heterocycles. The zero-order valence-corrected chi connectivity index (χ0v) is 11.2. The number of aliphatic hydroxyl groups is 1. The van der Waals surface area contributed by atoms with Crippen LogP contribution in [0.2, 0.25) is 0 Å². The quantitative estimate of drug-likeness (QED) is 0.764. The monoisotopic (exact) mass is 249 g/mol. The molecule has 1 fully saturated rings. The lowest BCUT2D eigenvalue weighted by atomic mass is 9.92. The Hall–Kier alpha value is -0.130. The van der Waals surface area contributed by atoms with Crippen molar-refractivity contribution in [3.63, 3.8) is 0 Å². The molecule has 1 aliphatic rings. The summed E-state index contributed by atoms with van der Waals surface area (Å²) < 4.78 is 22.8. The molecule has 2 unspecified atom stereocenters. The SMILES string of the molecule is CC(C)C(C)(O)CNC1CCCS(=O)(=O)C1. The molecule has 0 aliphatic carbocycles. The van der Waals surface area contributed by atoms with Gasteiger partial charge in [-0.25, -0.2) is 8.42 Å². The number of hydrogen-bond acceptors (Lipinski definition) is 4. The molecule has 1 rings (SSSR count). The van der Waals surface area contributed by atoms with Crippen LogP contribution in [0.5, 0.6) is 0 Å². The van der Waals surface area contributed by atoms with Gasteiger partial charge in [0.25, 0.3) is 0 Å². The third kappa shape index (κ3) is 4.03. The lowest BCUT2D eigenvalue weighted by Crippen LogP contribution is -2.49. The Bertz CT molecular complexity index is 322. The fourth-order valence-corrected chi connectivity index (χ4v) is 3.41. The van der Waals surface area contributed by atoms with Crippen molar-refractivity contribution in [2.75, 3.05) is 18.1 Å². The first-order chi connectivity index (χ1) is 7.23. The lowest BCUT2D eigenvalue weighted by molar-refractivity contribution is 0.0120. The maximum Gasteiger partial charge on any atom is 0.151 e. The van der Waals surface area contributed by atoms with E-state index in [1.165, 1.54) is 0 Å². The highest BCUT2D eigenvalue weighted by Gasteiger charge is 2.29. The highest BCUT2D eigenvalue weighted by atomic mass is 32.2. The van der Waals surface area contributed by atoms with Gasteiger partial charge in [-0.3, -0.25) is 0 Å². The summed E-state index contributed by atoms with van der Waals surface area (Å²) in [6.45, 7) is 6.14. The molecule has 1 saturated heterocycles. The number of rotatable bonds is 4. The van der Waals surface area contributed by atoms with E-state index in [1.807, 2.05) is 13.8 Å². The van der Waals surface area contributed by atoms with E-state index in [-0.39, 0.29) is 17.7 Å². The van der Waals surface area contributed by atoms with Crippen LogP contribution in [-0.4, -0.2) is 43.2 Å². The van der Waals surface area contributed by atoms with Crippen molar-refractivity contribution in [3.8, 4) is 0 Å². The fraction of sp³-hybridized carbons (Fsp3) is 1.00. The largest absolute Gasteiger partial charge is 0.389 e. The molecule has 2 N–H and O–H groups in total. The zero-order chi connectivity index (χ0) is 12.4. The van der Waals surface area contributed by atoms with Crippen molar-refractivity contribution in [3.05, 3.63) is 0 Å². The van der Waals surface area contributed by atoms with Gasteiger partial charge >= 0.3 is 0 Å². The van der Waals surface area contributed by atoms with Gasteiger partial charge in [-0.15, -0.1) is 0 Å². The van der Waals surface area contributed by atoms with Crippen molar-refractivity contribution in [1.29, 1.82) is 0 Å². The minimum atomic E-state index is -2.86. The minimum absolute atomic E-state index is 0.00368. The van der Waals surface area contributed by atoms with Crippen LogP contribution in [0, 0.1) is 5.92 Å². The molecule has 5 heteroatoms. The topological polar surface area (TPSA) is 66.4 Å². The van der Waals surface area contributed by atoms with E-state index in [9.17, 15) is 13.5 Å². The third-order valence-corrected chi connectivity index (χ3v) is 5.28. The summed E-state index contributed by atoms with van der Waals surface area (Å²) >= 11 is 0. The summed E-state index contributed by atoms with van der Waals surface area (Å²) in [7, 11) is -2.86. The van der Waals surface area contributed by atoms with Crippen LogP contribution in [0.15, 0.2) is 0 Å². The van der Waals surface area contributed by atoms with Crippen LogP contribution in [0.3, 0.4) is 0 Å². The predicted molar refractivity (Wildman–Crippen MR) is 65.1 cm³/mol.